The average molecular weight is 261 g/mol. The highest BCUT2D eigenvalue weighted by atomic mass is 16.5. The average Bonchev–Trinajstić information content (AvgIpc) is 2.76. The van der Waals surface area contributed by atoms with Crippen molar-refractivity contribution >= 4 is 6.01 Å². The van der Waals surface area contributed by atoms with Crippen molar-refractivity contribution < 1.29 is 9.26 Å². The maximum atomic E-state index is 5.58. The molecule has 1 aromatic heterocycles. The van der Waals surface area contributed by atoms with Gasteiger partial charge in [-0.2, -0.15) is 4.98 Å². The molecule has 0 aliphatic heterocycles. The lowest BCUT2D eigenvalue weighted by molar-refractivity contribution is 0.315. The minimum absolute atomic E-state index is 0.0929. The van der Waals surface area contributed by atoms with Crippen LogP contribution in [0.25, 0.3) is 0 Å². The van der Waals surface area contributed by atoms with Crippen molar-refractivity contribution in [3.05, 3.63) is 36.2 Å². The zero-order valence-corrected chi connectivity index (χ0v) is 11.5. The molecule has 0 fully saturated rings. The molecular formula is C14H19N3O2. The van der Waals surface area contributed by atoms with E-state index in [1.165, 1.54) is 0 Å². The van der Waals surface area contributed by atoms with Crippen molar-refractivity contribution in [3.63, 3.8) is 0 Å². The predicted molar refractivity (Wildman–Crippen MR) is 73.3 cm³/mol. The van der Waals surface area contributed by atoms with Gasteiger partial charge < -0.3 is 14.6 Å². The molecule has 0 unspecified atom stereocenters. The van der Waals surface area contributed by atoms with Gasteiger partial charge in [0.15, 0.2) is 5.82 Å². The van der Waals surface area contributed by atoms with E-state index in [1.807, 2.05) is 51.1 Å². The summed E-state index contributed by atoms with van der Waals surface area (Å²) in [6, 6.07) is 10.1. The van der Waals surface area contributed by atoms with E-state index >= 15 is 0 Å². The van der Waals surface area contributed by atoms with Crippen molar-refractivity contribution in [1.82, 2.24) is 10.1 Å². The van der Waals surface area contributed by atoms with Crippen LogP contribution in [-0.4, -0.2) is 22.3 Å². The van der Waals surface area contributed by atoms with Crippen LogP contribution in [0.5, 0.6) is 5.75 Å². The van der Waals surface area contributed by atoms with E-state index < -0.39 is 0 Å². The molecule has 0 spiro atoms. The normalized spacial score (nSPS) is 11.3. The van der Waals surface area contributed by atoms with E-state index in [9.17, 15) is 0 Å². The quantitative estimate of drug-likeness (QED) is 0.896. The number of anilines is 1. The Kier molecular flexibility index (Phi) is 4.04. The summed E-state index contributed by atoms with van der Waals surface area (Å²) in [5, 5.41) is 7.03. The fraction of sp³-hybridized carbons (Fsp3) is 0.429. The summed E-state index contributed by atoms with van der Waals surface area (Å²) < 4.78 is 10.7. The van der Waals surface area contributed by atoms with Gasteiger partial charge in [-0.3, -0.25) is 0 Å². The van der Waals surface area contributed by atoms with Gasteiger partial charge in [0.05, 0.1) is 6.61 Å². The van der Waals surface area contributed by atoms with Gasteiger partial charge >= 0.3 is 6.01 Å². The Morgan fingerprint density at radius 2 is 1.95 bits per heavy atom. The summed E-state index contributed by atoms with van der Waals surface area (Å²) in [6.07, 6.45) is 0.615. The van der Waals surface area contributed by atoms with Crippen molar-refractivity contribution in [1.29, 1.82) is 0 Å². The highest BCUT2D eigenvalue weighted by molar-refractivity contribution is 5.23. The van der Waals surface area contributed by atoms with Gasteiger partial charge in [-0.25, -0.2) is 0 Å². The van der Waals surface area contributed by atoms with Gasteiger partial charge in [0.2, 0.25) is 0 Å². The lowest BCUT2D eigenvalue weighted by Crippen LogP contribution is -2.26. The molecule has 0 amide bonds. The number of rotatable bonds is 5. The number of ether oxygens (including phenoxy) is 1. The molecule has 1 N–H and O–H groups in total. The van der Waals surface area contributed by atoms with Crippen LogP contribution < -0.4 is 10.1 Å². The van der Waals surface area contributed by atoms with Crippen LogP contribution in [0.1, 0.15) is 26.6 Å². The molecule has 0 saturated heterocycles. The lowest BCUT2D eigenvalue weighted by Gasteiger charge is -2.17. The number of benzene rings is 1. The van der Waals surface area contributed by atoms with Gasteiger partial charge in [-0.05, 0) is 32.9 Å². The fourth-order valence-corrected chi connectivity index (χ4v) is 1.50. The number of nitrogens with zero attached hydrogens (tertiary/aromatic N) is 2. The first-order chi connectivity index (χ1) is 9.03. The number of hydrogen-bond acceptors (Lipinski definition) is 5. The smallest absolute Gasteiger partial charge is 0.321 e. The summed E-state index contributed by atoms with van der Waals surface area (Å²) in [6.45, 7) is 6.64. The SMILES string of the molecule is CC(C)(C)Nc1nc(CCOc2ccccc2)no1. The molecule has 0 aliphatic rings. The van der Waals surface area contributed by atoms with E-state index in [1.54, 1.807) is 0 Å². The maximum absolute atomic E-state index is 5.58. The van der Waals surface area contributed by atoms with E-state index in [0.717, 1.165) is 5.75 Å². The third kappa shape index (κ3) is 4.62. The van der Waals surface area contributed by atoms with Crippen LogP contribution in [-0.2, 0) is 6.42 Å². The number of hydrogen-bond donors (Lipinski definition) is 1. The fourth-order valence-electron chi connectivity index (χ4n) is 1.50. The molecule has 5 heteroatoms. The summed E-state index contributed by atoms with van der Waals surface area (Å²) in [5.41, 5.74) is -0.0929. The Morgan fingerprint density at radius 3 is 2.63 bits per heavy atom. The Balaban J connectivity index is 1.81. The summed E-state index contributed by atoms with van der Waals surface area (Å²) in [7, 11) is 0. The maximum Gasteiger partial charge on any atom is 0.321 e. The Bertz CT molecular complexity index is 503. The minimum atomic E-state index is -0.0929. The van der Waals surface area contributed by atoms with Crippen molar-refractivity contribution in [3.8, 4) is 5.75 Å². The summed E-state index contributed by atoms with van der Waals surface area (Å²) >= 11 is 0. The van der Waals surface area contributed by atoms with E-state index in [4.69, 9.17) is 9.26 Å². The third-order valence-electron chi connectivity index (χ3n) is 2.29. The first-order valence-corrected chi connectivity index (χ1v) is 6.31. The zero-order chi connectivity index (χ0) is 13.7. The van der Waals surface area contributed by atoms with Crippen molar-refractivity contribution in [2.75, 3.05) is 11.9 Å². The van der Waals surface area contributed by atoms with E-state index in [-0.39, 0.29) is 5.54 Å². The highest BCUT2D eigenvalue weighted by Crippen LogP contribution is 2.13. The Hall–Kier alpha value is -2.04. The number of aromatic nitrogens is 2. The first-order valence-electron chi connectivity index (χ1n) is 6.31. The van der Waals surface area contributed by atoms with Crippen LogP contribution in [0.2, 0.25) is 0 Å². The molecule has 2 rings (SSSR count). The van der Waals surface area contributed by atoms with Gasteiger partial charge in [0, 0.05) is 12.0 Å². The molecule has 0 bridgehead atoms. The van der Waals surface area contributed by atoms with Crippen LogP contribution in [0, 0.1) is 0 Å². The standard InChI is InChI=1S/C14H19N3O2/c1-14(2,3)16-13-15-12(17-19-13)9-10-18-11-7-5-4-6-8-11/h4-8H,9-10H2,1-3H3,(H,15,16,17). The molecule has 19 heavy (non-hydrogen) atoms. The van der Waals surface area contributed by atoms with E-state index in [2.05, 4.69) is 15.5 Å². The number of nitrogens with one attached hydrogen (secondary N) is 1. The van der Waals surface area contributed by atoms with Crippen LogP contribution >= 0.6 is 0 Å². The molecule has 0 aliphatic carbocycles. The van der Waals surface area contributed by atoms with Gasteiger partial charge in [0.1, 0.15) is 5.75 Å². The second-order valence-corrected chi connectivity index (χ2v) is 5.30. The second-order valence-electron chi connectivity index (χ2n) is 5.30. The van der Waals surface area contributed by atoms with Crippen molar-refractivity contribution in [2.24, 2.45) is 0 Å². The van der Waals surface area contributed by atoms with E-state index in [0.29, 0.717) is 24.9 Å². The Labute approximate surface area is 113 Å². The van der Waals surface area contributed by atoms with Gasteiger partial charge in [-0.1, -0.05) is 23.4 Å². The molecule has 1 heterocycles. The number of para-hydroxylation sites is 1. The van der Waals surface area contributed by atoms with Crippen LogP contribution in [0.15, 0.2) is 34.9 Å². The lowest BCUT2D eigenvalue weighted by atomic mass is 10.1. The summed E-state index contributed by atoms with van der Waals surface area (Å²) in [4.78, 5) is 4.26. The highest BCUT2D eigenvalue weighted by Gasteiger charge is 2.14. The molecule has 0 atom stereocenters. The molecule has 2 aromatic rings. The molecule has 0 saturated carbocycles. The molecule has 5 nitrogen and oxygen atoms in total. The monoisotopic (exact) mass is 261 g/mol. The second kappa shape index (κ2) is 5.73. The first kappa shape index (κ1) is 13.4. The minimum Gasteiger partial charge on any atom is -0.493 e. The molecule has 102 valence electrons. The molecule has 1 aromatic carbocycles. The Morgan fingerprint density at radius 1 is 1.21 bits per heavy atom. The topological polar surface area (TPSA) is 60.2 Å². The van der Waals surface area contributed by atoms with Gasteiger partial charge in [-0.15, -0.1) is 0 Å². The molecule has 0 radical (unpaired) electrons. The predicted octanol–water partition coefficient (Wildman–Crippen LogP) is 2.90. The van der Waals surface area contributed by atoms with Crippen molar-refractivity contribution in [2.45, 2.75) is 32.7 Å². The zero-order valence-electron chi connectivity index (χ0n) is 11.5. The van der Waals surface area contributed by atoms with Crippen LogP contribution in [0.3, 0.4) is 0 Å². The summed E-state index contributed by atoms with van der Waals surface area (Å²) in [5.74, 6) is 1.49. The largest absolute Gasteiger partial charge is 0.493 e. The van der Waals surface area contributed by atoms with Gasteiger partial charge in [0.25, 0.3) is 0 Å². The molecular weight excluding hydrogens is 242 g/mol. The third-order valence-corrected chi connectivity index (χ3v) is 2.29. The van der Waals surface area contributed by atoms with Crippen LogP contribution in [0.4, 0.5) is 6.01 Å².